The molecular weight excluding hydrogens is 214 g/mol. The molecule has 2 rings (SSSR count). The first kappa shape index (κ1) is 13.3. The molecule has 17 heavy (non-hydrogen) atoms. The van der Waals surface area contributed by atoms with Crippen LogP contribution in [0.3, 0.4) is 0 Å². The van der Waals surface area contributed by atoms with Gasteiger partial charge in [0.05, 0.1) is 6.61 Å². The van der Waals surface area contributed by atoms with Crippen LogP contribution in [0.1, 0.15) is 26.2 Å². The van der Waals surface area contributed by atoms with Crippen LogP contribution in [-0.2, 0) is 0 Å². The summed E-state index contributed by atoms with van der Waals surface area (Å²) in [5.74, 6) is 0.667. The Balaban J connectivity index is 1.80. The number of hydrogen-bond donors (Lipinski definition) is 2. The van der Waals surface area contributed by atoms with Crippen molar-refractivity contribution in [1.29, 1.82) is 0 Å². The van der Waals surface area contributed by atoms with E-state index >= 15 is 0 Å². The van der Waals surface area contributed by atoms with Crippen molar-refractivity contribution >= 4 is 0 Å². The molecule has 1 saturated carbocycles. The minimum absolute atomic E-state index is 0.178. The quantitative estimate of drug-likeness (QED) is 0.693. The highest BCUT2D eigenvalue weighted by Crippen LogP contribution is 2.34. The monoisotopic (exact) mass is 241 g/mol. The molecule has 4 heteroatoms. The van der Waals surface area contributed by atoms with Crippen LogP contribution < -0.4 is 5.73 Å². The zero-order chi connectivity index (χ0) is 12.3. The third kappa shape index (κ3) is 3.41. The lowest BCUT2D eigenvalue weighted by atomic mass is 10.0. The average Bonchev–Trinajstić information content (AvgIpc) is 3.16. The Morgan fingerprint density at radius 3 is 2.35 bits per heavy atom. The van der Waals surface area contributed by atoms with Gasteiger partial charge in [-0.05, 0) is 31.7 Å². The molecule has 1 aliphatic carbocycles. The smallest absolute Gasteiger partial charge is 0.0602 e. The van der Waals surface area contributed by atoms with Crippen LogP contribution >= 0.6 is 0 Å². The van der Waals surface area contributed by atoms with Crippen LogP contribution in [0.25, 0.3) is 0 Å². The van der Waals surface area contributed by atoms with Gasteiger partial charge in [-0.15, -0.1) is 0 Å². The topological polar surface area (TPSA) is 52.7 Å². The fourth-order valence-corrected chi connectivity index (χ4v) is 2.91. The lowest BCUT2D eigenvalue weighted by molar-refractivity contribution is 0.0499. The van der Waals surface area contributed by atoms with E-state index < -0.39 is 0 Å². The van der Waals surface area contributed by atoms with Crippen LogP contribution in [0.4, 0.5) is 0 Å². The van der Waals surface area contributed by atoms with E-state index in [-0.39, 0.29) is 18.7 Å². The molecule has 0 bridgehead atoms. The molecule has 0 aromatic carbocycles. The summed E-state index contributed by atoms with van der Waals surface area (Å²) in [6.07, 6.45) is 3.74. The molecule has 0 aromatic rings. The number of aliphatic hydroxyl groups excluding tert-OH is 1. The predicted molar refractivity (Wildman–Crippen MR) is 69.9 cm³/mol. The molecule has 0 radical (unpaired) electrons. The van der Waals surface area contributed by atoms with Crippen molar-refractivity contribution in [3.05, 3.63) is 0 Å². The number of nitrogens with two attached hydrogens (primary N) is 1. The van der Waals surface area contributed by atoms with Crippen LogP contribution in [0.15, 0.2) is 0 Å². The molecule has 0 amide bonds. The van der Waals surface area contributed by atoms with E-state index in [1.54, 1.807) is 0 Å². The second-order valence-electron chi connectivity index (χ2n) is 5.54. The van der Waals surface area contributed by atoms with Crippen LogP contribution in [0.5, 0.6) is 0 Å². The zero-order valence-corrected chi connectivity index (χ0v) is 11.0. The van der Waals surface area contributed by atoms with Gasteiger partial charge < -0.3 is 15.7 Å². The second-order valence-corrected chi connectivity index (χ2v) is 5.54. The van der Waals surface area contributed by atoms with Crippen LogP contribution in [-0.4, -0.2) is 66.3 Å². The van der Waals surface area contributed by atoms with Crippen molar-refractivity contribution < 1.29 is 5.11 Å². The Hall–Kier alpha value is -0.160. The molecule has 0 spiro atoms. The number of aliphatic hydroxyl groups is 1. The summed E-state index contributed by atoms with van der Waals surface area (Å²) in [5.41, 5.74) is 6.24. The minimum Gasteiger partial charge on any atom is -0.395 e. The fraction of sp³-hybridized carbons (Fsp3) is 1.00. The standard InChI is InChI=1S/C13H27N3O/c1-2-5-15-6-8-16(9-7-15)12(10-17)13(14)11-3-4-11/h11-13,17H,2-10,14H2,1H3. The second kappa shape index (κ2) is 6.14. The summed E-state index contributed by atoms with van der Waals surface area (Å²) in [5, 5.41) is 9.56. The number of nitrogens with zero attached hydrogens (tertiary/aromatic N) is 2. The summed E-state index contributed by atoms with van der Waals surface area (Å²) < 4.78 is 0. The first-order chi connectivity index (χ1) is 8.26. The van der Waals surface area contributed by atoms with Crippen molar-refractivity contribution in [2.45, 2.75) is 38.3 Å². The van der Waals surface area contributed by atoms with Gasteiger partial charge in [0, 0.05) is 38.3 Å². The van der Waals surface area contributed by atoms with E-state index in [2.05, 4.69) is 16.7 Å². The van der Waals surface area contributed by atoms with Gasteiger partial charge in [-0.2, -0.15) is 0 Å². The van der Waals surface area contributed by atoms with Gasteiger partial charge in [0.15, 0.2) is 0 Å². The van der Waals surface area contributed by atoms with Crippen LogP contribution in [0, 0.1) is 5.92 Å². The van der Waals surface area contributed by atoms with E-state index in [1.165, 1.54) is 25.8 Å². The third-order valence-corrected chi connectivity index (χ3v) is 4.21. The van der Waals surface area contributed by atoms with Crippen LogP contribution in [0.2, 0.25) is 0 Å². The number of piperazine rings is 1. The molecule has 100 valence electrons. The summed E-state index contributed by atoms with van der Waals surface area (Å²) in [6, 6.07) is 0.365. The lowest BCUT2D eigenvalue weighted by Crippen LogP contribution is -2.57. The van der Waals surface area contributed by atoms with Gasteiger partial charge in [-0.25, -0.2) is 0 Å². The highest BCUT2D eigenvalue weighted by atomic mass is 16.3. The maximum Gasteiger partial charge on any atom is 0.0602 e. The van der Waals surface area contributed by atoms with E-state index in [0.717, 1.165) is 26.2 Å². The molecule has 1 heterocycles. The first-order valence-electron chi connectivity index (χ1n) is 7.09. The lowest BCUT2D eigenvalue weighted by Gasteiger charge is -2.40. The van der Waals surface area contributed by atoms with Gasteiger partial charge in [0.25, 0.3) is 0 Å². The molecule has 4 nitrogen and oxygen atoms in total. The average molecular weight is 241 g/mol. The minimum atomic E-state index is 0.178. The van der Waals surface area contributed by atoms with Gasteiger partial charge in [-0.3, -0.25) is 4.90 Å². The Bertz CT molecular complexity index is 225. The number of hydrogen-bond acceptors (Lipinski definition) is 4. The zero-order valence-electron chi connectivity index (χ0n) is 11.0. The van der Waals surface area contributed by atoms with Gasteiger partial charge in [0.2, 0.25) is 0 Å². The van der Waals surface area contributed by atoms with E-state index in [0.29, 0.717) is 5.92 Å². The Morgan fingerprint density at radius 2 is 1.88 bits per heavy atom. The molecule has 2 fully saturated rings. The largest absolute Gasteiger partial charge is 0.395 e. The molecule has 1 aliphatic heterocycles. The molecule has 1 saturated heterocycles. The van der Waals surface area contributed by atoms with E-state index in [9.17, 15) is 5.11 Å². The fourth-order valence-electron chi connectivity index (χ4n) is 2.91. The summed E-state index contributed by atoms with van der Waals surface area (Å²) in [6.45, 7) is 8.02. The predicted octanol–water partition coefficient (Wildman–Crippen LogP) is 0.112. The molecule has 3 N–H and O–H groups in total. The number of rotatable bonds is 6. The maximum atomic E-state index is 9.56. The van der Waals surface area contributed by atoms with Crippen molar-refractivity contribution in [2.75, 3.05) is 39.3 Å². The van der Waals surface area contributed by atoms with Crippen molar-refractivity contribution in [3.8, 4) is 0 Å². The molecule has 2 unspecified atom stereocenters. The molecule has 2 aliphatic rings. The molecular formula is C13H27N3O. The van der Waals surface area contributed by atoms with E-state index in [4.69, 9.17) is 5.73 Å². The van der Waals surface area contributed by atoms with Crippen molar-refractivity contribution in [2.24, 2.45) is 11.7 Å². The summed E-state index contributed by atoms with van der Waals surface area (Å²) >= 11 is 0. The van der Waals surface area contributed by atoms with Crippen molar-refractivity contribution in [1.82, 2.24) is 9.80 Å². The highest BCUT2D eigenvalue weighted by Gasteiger charge is 2.37. The Kier molecular flexibility index (Phi) is 4.79. The molecule has 0 aromatic heterocycles. The summed E-state index contributed by atoms with van der Waals surface area (Å²) in [4.78, 5) is 4.91. The summed E-state index contributed by atoms with van der Waals surface area (Å²) in [7, 11) is 0. The first-order valence-corrected chi connectivity index (χ1v) is 7.09. The Labute approximate surface area is 105 Å². The normalized spacial score (nSPS) is 27.0. The highest BCUT2D eigenvalue weighted by molar-refractivity contribution is 4.94. The third-order valence-electron chi connectivity index (χ3n) is 4.21. The van der Waals surface area contributed by atoms with E-state index in [1.807, 2.05) is 0 Å². The Morgan fingerprint density at radius 1 is 1.24 bits per heavy atom. The maximum absolute atomic E-state index is 9.56. The van der Waals surface area contributed by atoms with Gasteiger partial charge in [0.1, 0.15) is 0 Å². The molecule has 2 atom stereocenters. The van der Waals surface area contributed by atoms with Gasteiger partial charge >= 0.3 is 0 Å². The van der Waals surface area contributed by atoms with Crippen molar-refractivity contribution in [3.63, 3.8) is 0 Å². The van der Waals surface area contributed by atoms with Gasteiger partial charge in [-0.1, -0.05) is 6.92 Å². The SMILES string of the molecule is CCCN1CCN(C(CO)C(N)C2CC2)CC1.